The standard InChI is InChI=1S/C23H31NO8/c1-14(30-23(29)18-7-5-4-6-8-18)13-24-19(22(27)28)11-17-9-10-20(31-15(2)25)21(12-17)32-16(3)26/h9-10,12,14,18-19,24H,4-8,11,13H2,1-3H3,(H,27,28)/t14?,19-/m0/s1. The maximum absolute atomic E-state index is 12.3. The molecule has 1 aromatic rings. The summed E-state index contributed by atoms with van der Waals surface area (Å²) in [6.07, 6.45) is 4.47. The summed E-state index contributed by atoms with van der Waals surface area (Å²) >= 11 is 0. The number of carbonyl (C=O) groups is 4. The molecule has 0 aliphatic heterocycles. The van der Waals surface area contributed by atoms with E-state index in [1.54, 1.807) is 13.0 Å². The Morgan fingerprint density at radius 3 is 2.25 bits per heavy atom. The minimum absolute atomic E-state index is 0.0316. The van der Waals surface area contributed by atoms with Gasteiger partial charge in [-0.2, -0.15) is 0 Å². The second kappa shape index (κ2) is 12.2. The number of aliphatic carboxylic acids is 1. The van der Waals surface area contributed by atoms with E-state index >= 15 is 0 Å². The largest absolute Gasteiger partial charge is 0.480 e. The van der Waals surface area contributed by atoms with Crippen LogP contribution in [0.25, 0.3) is 0 Å². The highest BCUT2D eigenvalue weighted by Crippen LogP contribution is 2.29. The summed E-state index contributed by atoms with van der Waals surface area (Å²) in [6.45, 7) is 4.33. The van der Waals surface area contributed by atoms with E-state index in [2.05, 4.69) is 5.32 Å². The number of esters is 3. The van der Waals surface area contributed by atoms with Crippen LogP contribution in [0.4, 0.5) is 0 Å². The maximum Gasteiger partial charge on any atom is 0.321 e. The van der Waals surface area contributed by atoms with E-state index in [0.717, 1.165) is 32.1 Å². The Labute approximate surface area is 187 Å². The first kappa shape index (κ1) is 25.3. The first-order chi connectivity index (χ1) is 15.2. The highest BCUT2D eigenvalue weighted by atomic mass is 16.6. The Morgan fingerprint density at radius 2 is 1.66 bits per heavy atom. The zero-order valence-electron chi connectivity index (χ0n) is 18.7. The van der Waals surface area contributed by atoms with Gasteiger partial charge in [0, 0.05) is 20.4 Å². The third-order valence-corrected chi connectivity index (χ3v) is 5.16. The zero-order valence-corrected chi connectivity index (χ0v) is 18.7. The molecule has 2 atom stereocenters. The monoisotopic (exact) mass is 449 g/mol. The van der Waals surface area contributed by atoms with Gasteiger partial charge in [0.05, 0.1) is 5.92 Å². The second-order valence-corrected chi connectivity index (χ2v) is 8.05. The molecule has 1 fully saturated rings. The van der Waals surface area contributed by atoms with E-state index in [1.165, 1.54) is 26.0 Å². The van der Waals surface area contributed by atoms with Crippen molar-refractivity contribution in [1.82, 2.24) is 5.32 Å². The van der Waals surface area contributed by atoms with Gasteiger partial charge in [-0.1, -0.05) is 25.3 Å². The molecule has 1 aromatic carbocycles. The van der Waals surface area contributed by atoms with Crippen LogP contribution in [0.15, 0.2) is 18.2 Å². The average molecular weight is 450 g/mol. The molecular formula is C23H31NO8. The van der Waals surface area contributed by atoms with E-state index in [0.29, 0.717) is 5.56 Å². The molecule has 2 N–H and O–H groups in total. The van der Waals surface area contributed by atoms with Gasteiger partial charge in [-0.05, 0) is 43.9 Å². The number of carbonyl (C=O) groups excluding carboxylic acids is 3. The van der Waals surface area contributed by atoms with Gasteiger partial charge in [0.25, 0.3) is 0 Å². The molecule has 0 radical (unpaired) electrons. The molecular weight excluding hydrogens is 418 g/mol. The van der Waals surface area contributed by atoms with Gasteiger partial charge in [0.1, 0.15) is 12.1 Å². The number of carboxylic acid groups (broad SMARTS) is 1. The lowest BCUT2D eigenvalue weighted by Gasteiger charge is -2.23. The van der Waals surface area contributed by atoms with Gasteiger partial charge in [0.2, 0.25) is 0 Å². The average Bonchev–Trinajstić information content (AvgIpc) is 2.72. The third-order valence-electron chi connectivity index (χ3n) is 5.16. The van der Waals surface area contributed by atoms with Crippen molar-refractivity contribution in [2.24, 2.45) is 5.92 Å². The molecule has 0 bridgehead atoms. The first-order valence-corrected chi connectivity index (χ1v) is 10.8. The molecule has 0 heterocycles. The highest BCUT2D eigenvalue weighted by molar-refractivity contribution is 5.75. The molecule has 0 spiro atoms. The van der Waals surface area contributed by atoms with E-state index in [9.17, 15) is 24.3 Å². The van der Waals surface area contributed by atoms with E-state index in [-0.39, 0.29) is 36.4 Å². The summed E-state index contributed by atoms with van der Waals surface area (Å²) in [4.78, 5) is 46.6. The molecule has 1 aliphatic carbocycles. The summed E-state index contributed by atoms with van der Waals surface area (Å²) in [7, 11) is 0. The molecule has 9 nitrogen and oxygen atoms in total. The Hall–Kier alpha value is -2.94. The van der Waals surface area contributed by atoms with Gasteiger partial charge in [-0.3, -0.25) is 19.2 Å². The van der Waals surface area contributed by atoms with Gasteiger partial charge >= 0.3 is 23.9 Å². The van der Waals surface area contributed by atoms with Crippen LogP contribution < -0.4 is 14.8 Å². The van der Waals surface area contributed by atoms with Crippen molar-refractivity contribution in [3.8, 4) is 11.5 Å². The molecule has 176 valence electrons. The molecule has 0 amide bonds. The smallest absolute Gasteiger partial charge is 0.321 e. The summed E-state index contributed by atoms with van der Waals surface area (Å²) in [6, 6.07) is 3.54. The second-order valence-electron chi connectivity index (χ2n) is 8.05. The van der Waals surface area contributed by atoms with Crippen LogP contribution in [0.1, 0.15) is 58.4 Å². The predicted octanol–water partition coefficient (Wildman–Crippen LogP) is 2.63. The third kappa shape index (κ3) is 8.30. The lowest BCUT2D eigenvalue weighted by Crippen LogP contribution is -2.43. The fourth-order valence-electron chi connectivity index (χ4n) is 3.62. The molecule has 0 aromatic heterocycles. The highest BCUT2D eigenvalue weighted by Gasteiger charge is 2.25. The zero-order chi connectivity index (χ0) is 23.7. The number of hydrogen-bond donors (Lipinski definition) is 2. The number of rotatable bonds is 10. The Kier molecular flexibility index (Phi) is 9.64. The predicted molar refractivity (Wildman–Crippen MR) is 114 cm³/mol. The van der Waals surface area contributed by atoms with Crippen LogP contribution in [0.5, 0.6) is 11.5 Å². The lowest BCUT2D eigenvalue weighted by atomic mass is 9.89. The van der Waals surface area contributed by atoms with Gasteiger partial charge in [-0.15, -0.1) is 0 Å². The van der Waals surface area contributed by atoms with Crippen molar-refractivity contribution in [1.29, 1.82) is 0 Å². The van der Waals surface area contributed by atoms with Crippen molar-refractivity contribution in [2.75, 3.05) is 6.54 Å². The maximum atomic E-state index is 12.3. The summed E-state index contributed by atoms with van der Waals surface area (Å²) in [5, 5.41) is 12.5. The van der Waals surface area contributed by atoms with Crippen LogP contribution in [-0.4, -0.2) is 47.7 Å². The Morgan fingerprint density at radius 1 is 1.03 bits per heavy atom. The van der Waals surface area contributed by atoms with Crippen LogP contribution >= 0.6 is 0 Å². The van der Waals surface area contributed by atoms with Gasteiger partial charge in [0.15, 0.2) is 11.5 Å². The summed E-state index contributed by atoms with van der Waals surface area (Å²) < 4.78 is 15.6. The summed E-state index contributed by atoms with van der Waals surface area (Å²) in [5.41, 5.74) is 0.559. The molecule has 1 aliphatic rings. The number of hydrogen-bond acceptors (Lipinski definition) is 8. The van der Waals surface area contributed by atoms with Crippen LogP contribution in [0, 0.1) is 5.92 Å². The van der Waals surface area contributed by atoms with Crippen molar-refractivity contribution in [3.05, 3.63) is 23.8 Å². The lowest BCUT2D eigenvalue weighted by molar-refractivity contribution is -0.154. The fourth-order valence-corrected chi connectivity index (χ4v) is 3.62. The first-order valence-electron chi connectivity index (χ1n) is 10.8. The minimum Gasteiger partial charge on any atom is -0.480 e. The van der Waals surface area contributed by atoms with E-state index in [1.807, 2.05) is 0 Å². The van der Waals surface area contributed by atoms with Crippen molar-refractivity contribution < 1.29 is 38.5 Å². The SMILES string of the molecule is CC(=O)Oc1ccc(C[C@H](NCC(C)OC(=O)C2CCCCC2)C(=O)O)cc1OC(C)=O. The van der Waals surface area contributed by atoms with Gasteiger partial charge in [-0.25, -0.2) is 0 Å². The van der Waals surface area contributed by atoms with Crippen LogP contribution in [0.2, 0.25) is 0 Å². The molecule has 0 saturated heterocycles. The minimum atomic E-state index is -1.08. The fraction of sp³-hybridized carbons (Fsp3) is 0.565. The van der Waals surface area contributed by atoms with E-state index in [4.69, 9.17) is 14.2 Å². The van der Waals surface area contributed by atoms with Crippen molar-refractivity contribution in [2.45, 2.75) is 71.4 Å². The molecule has 9 heteroatoms. The Bertz CT molecular complexity index is 831. The van der Waals surface area contributed by atoms with Crippen molar-refractivity contribution >= 4 is 23.9 Å². The molecule has 32 heavy (non-hydrogen) atoms. The quantitative estimate of drug-likeness (QED) is 0.409. The Balaban J connectivity index is 1.98. The normalized spacial score (nSPS) is 16.0. The topological polar surface area (TPSA) is 128 Å². The number of benzene rings is 1. The number of ether oxygens (including phenoxy) is 3. The van der Waals surface area contributed by atoms with Crippen LogP contribution in [0.3, 0.4) is 0 Å². The van der Waals surface area contributed by atoms with Crippen molar-refractivity contribution in [3.63, 3.8) is 0 Å². The summed E-state index contributed by atoms with van der Waals surface area (Å²) in [5.74, 6) is -2.45. The van der Waals surface area contributed by atoms with Crippen LogP contribution in [-0.2, 0) is 30.3 Å². The number of carboxylic acids is 1. The molecule has 2 rings (SSSR count). The molecule has 1 saturated carbocycles. The molecule has 1 unspecified atom stereocenters. The van der Waals surface area contributed by atoms with Gasteiger partial charge < -0.3 is 24.6 Å². The number of nitrogens with one attached hydrogen (secondary N) is 1. The van der Waals surface area contributed by atoms with E-state index < -0.39 is 30.1 Å².